The number of nitrogens with one attached hydrogen (secondary N) is 1. The molecule has 0 aromatic rings. The standard InChI is InChI=1S/C13H23BrN2/c1-11(14)9-16-10-13(15-8-12(16)2)6-4-3-5-7-13/h12,15H,1,3-10H2,2H3. The molecular formula is C13H23BrN2. The predicted octanol–water partition coefficient (Wildman–Crippen LogP) is 2.89. The lowest BCUT2D eigenvalue weighted by Crippen LogP contribution is -2.64. The van der Waals surface area contributed by atoms with Crippen LogP contribution in [0.25, 0.3) is 0 Å². The van der Waals surface area contributed by atoms with Crippen molar-refractivity contribution in [2.45, 2.75) is 50.6 Å². The summed E-state index contributed by atoms with van der Waals surface area (Å²) in [4.78, 5) is 2.57. The maximum atomic E-state index is 3.97. The van der Waals surface area contributed by atoms with E-state index < -0.39 is 0 Å². The second-order valence-electron chi connectivity index (χ2n) is 5.49. The van der Waals surface area contributed by atoms with Crippen molar-refractivity contribution >= 4 is 15.9 Å². The molecule has 3 heteroatoms. The van der Waals surface area contributed by atoms with E-state index in [2.05, 4.69) is 39.6 Å². The molecule has 1 saturated heterocycles. The van der Waals surface area contributed by atoms with Gasteiger partial charge in [-0.15, -0.1) is 0 Å². The normalized spacial score (nSPS) is 30.5. The molecule has 1 N–H and O–H groups in total. The number of hydrogen-bond acceptors (Lipinski definition) is 2. The molecule has 1 atom stereocenters. The van der Waals surface area contributed by atoms with Gasteiger partial charge in [-0.3, -0.25) is 4.90 Å². The van der Waals surface area contributed by atoms with Crippen molar-refractivity contribution < 1.29 is 0 Å². The average molecular weight is 287 g/mol. The van der Waals surface area contributed by atoms with Crippen molar-refractivity contribution in [3.63, 3.8) is 0 Å². The van der Waals surface area contributed by atoms with Gasteiger partial charge in [0.1, 0.15) is 0 Å². The molecule has 1 heterocycles. The zero-order chi connectivity index (χ0) is 11.6. The fourth-order valence-corrected chi connectivity index (χ4v) is 3.41. The molecule has 2 rings (SSSR count). The van der Waals surface area contributed by atoms with Crippen LogP contribution in [0.15, 0.2) is 11.1 Å². The minimum Gasteiger partial charge on any atom is -0.308 e. The molecule has 2 fully saturated rings. The Hall–Kier alpha value is 0.140. The molecule has 1 saturated carbocycles. The van der Waals surface area contributed by atoms with E-state index in [1.807, 2.05) is 0 Å². The lowest BCUT2D eigenvalue weighted by molar-refractivity contribution is 0.0714. The molecule has 0 amide bonds. The first-order valence-electron chi connectivity index (χ1n) is 6.44. The molecule has 92 valence electrons. The topological polar surface area (TPSA) is 15.3 Å². The minimum atomic E-state index is 0.410. The van der Waals surface area contributed by atoms with Crippen LogP contribution in [0.4, 0.5) is 0 Å². The van der Waals surface area contributed by atoms with E-state index in [9.17, 15) is 0 Å². The summed E-state index contributed by atoms with van der Waals surface area (Å²) >= 11 is 3.49. The Morgan fingerprint density at radius 2 is 2.12 bits per heavy atom. The maximum Gasteiger partial charge on any atom is 0.0309 e. The third-order valence-electron chi connectivity index (χ3n) is 4.09. The first kappa shape index (κ1) is 12.6. The fraction of sp³-hybridized carbons (Fsp3) is 0.846. The van der Waals surface area contributed by atoms with E-state index in [1.165, 1.54) is 38.6 Å². The molecule has 1 spiro atoms. The highest BCUT2D eigenvalue weighted by molar-refractivity contribution is 9.11. The average Bonchev–Trinajstić information content (AvgIpc) is 2.24. The Morgan fingerprint density at radius 3 is 2.75 bits per heavy atom. The summed E-state index contributed by atoms with van der Waals surface area (Å²) in [5.74, 6) is 0. The SMILES string of the molecule is C=C(Br)CN1CC2(CCCCC2)NCC1C. The smallest absolute Gasteiger partial charge is 0.0309 e. The van der Waals surface area contributed by atoms with Crippen LogP contribution in [0.2, 0.25) is 0 Å². The van der Waals surface area contributed by atoms with Crippen LogP contribution < -0.4 is 5.32 Å². The van der Waals surface area contributed by atoms with Gasteiger partial charge < -0.3 is 5.32 Å². The van der Waals surface area contributed by atoms with Crippen LogP contribution in [0.1, 0.15) is 39.0 Å². The number of hydrogen-bond donors (Lipinski definition) is 1. The second-order valence-corrected chi connectivity index (χ2v) is 6.61. The van der Waals surface area contributed by atoms with Crippen LogP contribution in [-0.4, -0.2) is 36.1 Å². The van der Waals surface area contributed by atoms with Crippen LogP contribution >= 0.6 is 15.9 Å². The Labute approximate surface area is 108 Å². The van der Waals surface area contributed by atoms with Gasteiger partial charge in [0.15, 0.2) is 0 Å². The van der Waals surface area contributed by atoms with Crippen LogP contribution in [0, 0.1) is 0 Å². The van der Waals surface area contributed by atoms with E-state index in [4.69, 9.17) is 0 Å². The van der Waals surface area contributed by atoms with Crippen molar-refractivity contribution in [2.75, 3.05) is 19.6 Å². The summed E-state index contributed by atoms with van der Waals surface area (Å²) < 4.78 is 1.10. The van der Waals surface area contributed by atoms with E-state index >= 15 is 0 Å². The lowest BCUT2D eigenvalue weighted by atomic mass is 9.79. The summed E-state index contributed by atoms with van der Waals surface area (Å²) in [6, 6.07) is 0.627. The van der Waals surface area contributed by atoms with Gasteiger partial charge >= 0.3 is 0 Å². The third-order valence-corrected chi connectivity index (χ3v) is 4.34. The zero-order valence-electron chi connectivity index (χ0n) is 10.3. The highest BCUT2D eigenvalue weighted by Gasteiger charge is 2.38. The first-order chi connectivity index (χ1) is 7.61. The summed E-state index contributed by atoms with van der Waals surface area (Å²) in [6.45, 7) is 9.59. The van der Waals surface area contributed by atoms with Gasteiger partial charge in [0.25, 0.3) is 0 Å². The summed E-state index contributed by atoms with van der Waals surface area (Å²) in [5, 5.41) is 3.80. The van der Waals surface area contributed by atoms with Crippen molar-refractivity contribution in [1.29, 1.82) is 0 Å². The molecule has 2 aliphatic rings. The van der Waals surface area contributed by atoms with Crippen LogP contribution in [0.5, 0.6) is 0 Å². The van der Waals surface area contributed by atoms with Gasteiger partial charge in [-0.25, -0.2) is 0 Å². The van der Waals surface area contributed by atoms with Gasteiger partial charge in [0.2, 0.25) is 0 Å². The molecule has 0 aromatic heterocycles. The molecule has 0 radical (unpaired) electrons. The Balaban J connectivity index is 2.00. The van der Waals surface area contributed by atoms with Crippen molar-refractivity contribution in [2.24, 2.45) is 0 Å². The number of piperazine rings is 1. The van der Waals surface area contributed by atoms with Gasteiger partial charge in [-0.2, -0.15) is 0 Å². The Bertz CT molecular complexity index is 259. The molecule has 1 unspecified atom stereocenters. The molecular weight excluding hydrogens is 264 g/mol. The Kier molecular flexibility index (Phi) is 4.09. The van der Waals surface area contributed by atoms with Gasteiger partial charge in [-0.05, 0) is 19.8 Å². The quantitative estimate of drug-likeness (QED) is 0.840. The molecule has 16 heavy (non-hydrogen) atoms. The van der Waals surface area contributed by atoms with Crippen LogP contribution in [0.3, 0.4) is 0 Å². The number of nitrogens with zero attached hydrogens (tertiary/aromatic N) is 1. The lowest BCUT2D eigenvalue weighted by Gasteiger charge is -2.49. The van der Waals surface area contributed by atoms with E-state index in [-0.39, 0.29) is 0 Å². The van der Waals surface area contributed by atoms with E-state index in [1.54, 1.807) is 0 Å². The minimum absolute atomic E-state index is 0.410. The summed E-state index contributed by atoms with van der Waals surface area (Å²) in [7, 11) is 0. The van der Waals surface area contributed by atoms with Crippen LogP contribution in [-0.2, 0) is 0 Å². The Morgan fingerprint density at radius 1 is 1.44 bits per heavy atom. The molecule has 0 bridgehead atoms. The molecule has 2 nitrogen and oxygen atoms in total. The first-order valence-corrected chi connectivity index (χ1v) is 7.23. The van der Waals surface area contributed by atoms with Crippen molar-refractivity contribution in [1.82, 2.24) is 10.2 Å². The predicted molar refractivity (Wildman–Crippen MR) is 72.9 cm³/mol. The highest BCUT2D eigenvalue weighted by atomic mass is 79.9. The maximum absolute atomic E-state index is 3.97. The zero-order valence-corrected chi connectivity index (χ0v) is 11.9. The summed E-state index contributed by atoms with van der Waals surface area (Å²) in [5.41, 5.74) is 0.410. The van der Waals surface area contributed by atoms with E-state index in [0.29, 0.717) is 11.6 Å². The van der Waals surface area contributed by atoms with Gasteiger partial charge in [0.05, 0.1) is 0 Å². The summed E-state index contributed by atoms with van der Waals surface area (Å²) in [6.07, 6.45) is 6.91. The second kappa shape index (κ2) is 5.19. The highest BCUT2D eigenvalue weighted by Crippen LogP contribution is 2.32. The number of halogens is 1. The van der Waals surface area contributed by atoms with Gasteiger partial charge in [0, 0.05) is 35.7 Å². The molecule has 1 aliphatic heterocycles. The van der Waals surface area contributed by atoms with Crippen molar-refractivity contribution in [3.8, 4) is 0 Å². The fourth-order valence-electron chi connectivity index (χ4n) is 3.09. The molecule has 1 aliphatic carbocycles. The number of rotatable bonds is 2. The van der Waals surface area contributed by atoms with E-state index in [0.717, 1.165) is 17.6 Å². The van der Waals surface area contributed by atoms with Gasteiger partial charge in [-0.1, -0.05) is 41.8 Å². The third kappa shape index (κ3) is 2.88. The largest absolute Gasteiger partial charge is 0.308 e. The monoisotopic (exact) mass is 286 g/mol. The molecule has 0 aromatic carbocycles. The van der Waals surface area contributed by atoms with Crippen molar-refractivity contribution in [3.05, 3.63) is 11.1 Å².